The summed E-state index contributed by atoms with van der Waals surface area (Å²) in [5.74, 6) is 6.34. The van der Waals surface area contributed by atoms with Crippen LogP contribution in [0.15, 0.2) is 5.18 Å². The molecule has 0 amide bonds. The summed E-state index contributed by atoms with van der Waals surface area (Å²) >= 11 is 0. The Morgan fingerprint density at radius 2 is 1.73 bits per heavy atom. The average Bonchev–Trinajstić information content (AvgIpc) is 3.32. The third kappa shape index (κ3) is 4.31. The third-order valence-electron chi connectivity index (χ3n) is 15.9. The van der Waals surface area contributed by atoms with E-state index in [4.69, 9.17) is 25.9 Å². The van der Waals surface area contributed by atoms with Crippen LogP contribution in [0.1, 0.15) is 127 Å². The SMILES string of the molecule is CCC(C)[C@@H](N)C(=O)O[C@H]1CC[C@]23CC24CC[C@]2(C)[C@@H]([C@@]5(C)CC[C@@H](C(C)(C)N=O)O5)[C@@H](ON)C[C@@]2(C)C4C[C@H](O)[C@H]3C1(C)C. The van der Waals surface area contributed by atoms with Gasteiger partial charge in [0.2, 0.25) is 0 Å². The van der Waals surface area contributed by atoms with Crippen LogP contribution in [0.3, 0.4) is 0 Å². The van der Waals surface area contributed by atoms with Gasteiger partial charge in [0.15, 0.2) is 0 Å². The summed E-state index contributed by atoms with van der Waals surface area (Å²) in [7, 11) is 0. The molecule has 45 heavy (non-hydrogen) atoms. The number of rotatable bonds is 8. The zero-order valence-corrected chi connectivity index (χ0v) is 29.4. The van der Waals surface area contributed by atoms with Crippen molar-refractivity contribution < 1.29 is 24.2 Å². The number of esters is 1. The standard InChI is InChI=1S/C36H61N3O6/c1-10-20(2)26(37)29(41)43-24-12-14-36-19-35(36)16-15-32(7)28(34(9)13-11-25(44-34)31(5,6)39-42)22(45-38)18-33(32,8)23(35)17-21(40)27(36)30(24,3)4/h20-28,40H,10-19,37-38H2,1-9H3/t20?,21-,22-,23?,24-,25-,26+,27-,28-,32+,33-,34+,35?,36+/m0/s1. The number of nitroso groups, excluding NO2 is 1. The summed E-state index contributed by atoms with van der Waals surface area (Å²) in [4.78, 5) is 30.7. The Morgan fingerprint density at radius 1 is 1.04 bits per heavy atom. The summed E-state index contributed by atoms with van der Waals surface area (Å²) < 4.78 is 13.0. The molecule has 9 heteroatoms. The van der Waals surface area contributed by atoms with Gasteiger partial charge in [-0.1, -0.05) is 53.1 Å². The monoisotopic (exact) mass is 631 g/mol. The Hall–Kier alpha value is -1.13. The van der Waals surface area contributed by atoms with Gasteiger partial charge in [-0.05, 0) is 118 Å². The van der Waals surface area contributed by atoms with Crippen molar-refractivity contribution in [1.29, 1.82) is 0 Å². The molecule has 6 aliphatic rings. The summed E-state index contributed by atoms with van der Waals surface area (Å²) in [6, 6.07) is -0.625. The van der Waals surface area contributed by atoms with Crippen LogP contribution in [0, 0.1) is 55.7 Å². The molecule has 0 aromatic rings. The molecular weight excluding hydrogens is 570 g/mol. The first-order valence-electron chi connectivity index (χ1n) is 17.9. The predicted octanol–water partition coefficient (Wildman–Crippen LogP) is 6.03. The zero-order chi connectivity index (χ0) is 33.2. The van der Waals surface area contributed by atoms with E-state index in [1.165, 1.54) is 0 Å². The maximum absolute atomic E-state index is 13.1. The molecule has 0 bridgehead atoms. The van der Waals surface area contributed by atoms with Gasteiger partial charge in [0, 0.05) is 11.3 Å². The number of hydrogen-bond acceptors (Lipinski definition) is 9. The second-order valence-electron chi connectivity index (χ2n) is 18.4. The molecule has 0 aromatic heterocycles. The van der Waals surface area contributed by atoms with E-state index < -0.39 is 23.3 Å². The number of ether oxygens (including phenoxy) is 2. The van der Waals surface area contributed by atoms with E-state index >= 15 is 0 Å². The molecule has 5 aliphatic carbocycles. The van der Waals surface area contributed by atoms with Gasteiger partial charge in [0.05, 0.1) is 23.9 Å². The number of carbonyl (C=O) groups excluding carboxylic acids is 1. The van der Waals surface area contributed by atoms with E-state index in [2.05, 4.69) is 39.8 Å². The minimum absolute atomic E-state index is 0.0422. The first-order chi connectivity index (χ1) is 20.8. The molecule has 1 heterocycles. The lowest BCUT2D eigenvalue weighted by Gasteiger charge is -2.64. The number of aliphatic hydroxyl groups excluding tert-OH is 1. The van der Waals surface area contributed by atoms with Crippen molar-refractivity contribution in [2.75, 3.05) is 0 Å². The lowest BCUT2D eigenvalue weighted by atomic mass is 9.41. The van der Waals surface area contributed by atoms with E-state index in [9.17, 15) is 14.8 Å². The molecule has 5 N–H and O–H groups in total. The van der Waals surface area contributed by atoms with E-state index in [-0.39, 0.29) is 69.1 Å². The summed E-state index contributed by atoms with van der Waals surface area (Å²) in [5.41, 5.74) is 4.63. The smallest absolute Gasteiger partial charge is 0.323 e. The Balaban J connectivity index is 1.29. The fourth-order valence-electron chi connectivity index (χ4n) is 13.2. The molecule has 3 unspecified atom stereocenters. The van der Waals surface area contributed by atoms with Crippen LogP contribution in [0.5, 0.6) is 0 Å². The summed E-state index contributed by atoms with van der Waals surface area (Å²) in [6.07, 6.45) is 7.94. The fourth-order valence-corrected chi connectivity index (χ4v) is 13.2. The minimum atomic E-state index is -0.793. The maximum Gasteiger partial charge on any atom is 0.323 e. The van der Waals surface area contributed by atoms with Gasteiger partial charge in [-0.25, -0.2) is 5.90 Å². The number of nitrogens with two attached hydrogens (primary N) is 2. The van der Waals surface area contributed by atoms with Crippen LogP contribution in [-0.4, -0.2) is 52.7 Å². The highest BCUT2D eigenvalue weighted by Gasteiger charge is 2.85. The number of fused-ring (bicyclic) bond motifs is 2. The van der Waals surface area contributed by atoms with Crippen molar-refractivity contribution in [2.45, 2.75) is 168 Å². The zero-order valence-electron chi connectivity index (χ0n) is 29.4. The predicted molar refractivity (Wildman–Crippen MR) is 172 cm³/mol. The van der Waals surface area contributed by atoms with Gasteiger partial charge in [-0.15, -0.1) is 0 Å². The fraction of sp³-hybridized carbons (Fsp3) is 0.972. The molecular formula is C36H61N3O6. The Bertz CT molecular complexity index is 1210. The van der Waals surface area contributed by atoms with Gasteiger partial charge < -0.3 is 25.2 Å². The minimum Gasteiger partial charge on any atom is -0.461 e. The van der Waals surface area contributed by atoms with Crippen molar-refractivity contribution in [1.82, 2.24) is 0 Å². The van der Waals surface area contributed by atoms with Crippen molar-refractivity contribution in [2.24, 2.45) is 67.6 Å². The van der Waals surface area contributed by atoms with Crippen LogP contribution in [0.4, 0.5) is 0 Å². The van der Waals surface area contributed by atoms with Crippen molar-refractivity contribution in [3.63, 3.8) is 0 Å². The van der Waals surface area contributed by atoms with Gasteiger partial charge in [-0.2, -0.15) is 4.91 Å². The van der Waals surface area contributed by atoms with Gasteiger partial charge in [0.25, 0.3) is 0 Å². The van der Waals surface area contributed by atoms with Crippen LogP contribution < -0.4 is 11.6 Å². The van der Waals surface area contributed by atoms with Crippen LogP contribution in [-0.2, 0) is 19.1 Å². The normalized spacial score (nSPS) is 51.2. The second kappa shape index (κ2) is 10.4. The highest BCUT2D eigenvalue weighted by Crippen LogP contribution is 2.89. The molecule has 0 radical (unpaired) electrons. The Morgan fingerprint density at radius 3 is 2.36 bits per heavy atom. The highest BCUT2D eigenvalue weighted by molar-refractivity contribution is 5.76. The first kappa shape index (κ1) is 33.8. The largest absolute Gasteiger partial charge is 0.461 e. The highest BCUT2D eigenvalue weighted by atomic mass is 16.6. The average molecular weight is 632 g/mol. The van der Waals surface area contributed by atoms with Crippen LogP contribution in [0.2, 0.25) is 0 Å². The lowest BCUT2D eigenvalue weighted by molar-refractivity contribution is -0.216. The second-order valence-corrected chi connectivity index (χ2v) is 18.4. The number of nitrogens with zero attached hydrogens (tertiary/aromatic N) is 1. The number of carbonyl (C=O) groups is 1. The molecule has 256 valence electrons. The van der Waals surface area contributed by atoms with Gasteiger partial charge in [0.1, 0.15) is 17.7 Å². The van der Waals surface area contributed by atoms with E-state index in [1.54, 1.807) is 0 Å². The molecule has 6 fully saturated rings. The van der Waals surface area contributed by atoms with E-state index in [0.717, 1.165) is 64.2 Å². The van der Waals surface area contributed by atoms with Crippen LogP contribution in [0.25, 0.3) is 0 Å². The van der Waals surface area contributed by atoms with E-state index in [0.29, 0.717) is 5.92 Å². The maximum atomic E-state index is 13.1. The van der Waals surface area contributed by atoms with Gasteiger partial charge >= 0.3 is 5.97 Å². The quantitative estimate of drug-likeness (QED) is 0.167. The van der Waals surface area contributed by atoms with Gasteiger partial charge in [-0.3, -0.25) is 4.79 Å². The van der Waals surface area contributed by atoms with Crippen LogP contribution >= 0.6 is 0 Å². The molecule has 5 saturated carbocycles. The summed E-state index contributed by atoms with van der Waals surface area (Å²) in [6.45, 7) is 19.3. The van der Waals surface area contributed by atoms with E-state index in [1.807, 2.05) is 27.7 Å². The third-order valence-corrected chi connectivity index (χ3v) is 15.9. The molecule has 1 aliphatic heterocycles. The Labute approximate surface area is 270 Å². The van der Waals surface area contributed by atoms with Crippen molar-refractivity contribution in [3.8, 4) is 0 Å². The Kier molecular flexibility index (Phi) is 7.83. The first-order valence-corrected chi connectivity index (χ1v) is 17.9. The van der Waals surface area contributed by atoms with Crippen molar-refractivity contribution >= 4 is 5.97 Å². The molecule has 9 nitrogen and oxygen atoms in total. The van der Waals surface area contributed by atoms with Crippen molar-refractivity contribution in [3.05, 3.63) is 4.91 Å². The number of aliphatic hydroxyl groups is 1. The molecule has 1 saturated heterocycles. The molecule has 0 aromatic carbocycles. The topological polar surface area (TPSA) is 146 Å². The summed E-state index contributed by atoms with van der Waals surface area (Å²) in [5, 5.41) is 15.6. The molecule has 6 rings (SSSR count). The number of hydrogen-bond donors (Lipinski definition) is 3. The molecule has 14 atom stereocenters. The lowest BCUT2D eigenvalue weighted by Crippen LogP contribution is -2.62. The molecule has 2 spiro atoms.